The van der Waals surface area contributed by atoms with Crippen molar-refractivity contribution in [3.63, 3.8) is 0 Å². The Morgan fingerprint density at radius 3 is 2.15 bits per heavy atom. The number of piperidine rings is 1. The predicted molar refractivity (Wildman–Crippen MR) is 153 cm³/mol. The van der Waals surface area contributed by atoms with E-state index < -0.39 is 0 Å². The monoisotopic (exact) mass is 545 g/mol. The maximum absolute atomic E-state index is 13.3. The van der Waals surface area contributed by atoms with Crippen molar-refractivity contribution in [2.24, 2.45) is 17.8 Å². The second-order valence-corrected chi connectivity index (χ2v) is 12.5. The van der Waals surface area contributed by atoms with E-state index in [1.54, 1.807) is 0 Å². The molecular weight excluding hydrogens is 502 g/mol. The number of amides is 2. The van der Waals surface area contributed by atoms with Crippen LogP contribution in [0.2, 0.25) is 0 Å². The van der Waals surface area contributed by atoms with Crippen molar-refractivity contribution in [3.05, 3.63) is 59.2 Å². The minimum atomic E-state index is 0.0849. The number of nitrogens with zero attached hydrogens (tertiary/aromatic N) is 5. The highest BCUT2D eigenvalue weighted by atomic mass is 16.5. The van der Waals surface area contributed by atoms with Gasteiger partial charge in [0.1, 0.15) is 6.33 Å². The molecule has 4 saturated heterocycles. The predicted octanol–water partition coefficient (Wildman–Crippen LogP) is 3.47. The lowest BCUT2D eigenvalue weighted by atomic mass is 9.70. The summed E-state index contributed by atoms with van der Waals surface area (Å²) < 4.78 is 5.48. The van der Waals surface area contributed by atoms with E-state index in [-0.39, 0.29) is 17.2 Å². The number of ether oxygens (including phenoxy) is 1. The molecule has 0 N–H and O–H groups in total. The third-order valence-electron chi connectivity index (χ3n) is 10.2. The first kappa shape index (κ1) is 27.3. The first-order valence-corrected chi connectivity index (χ1v) is 15.2. The number of hydrogen-bond donors (Lipinski definition) is 0. The molecule has 2 atom stereocenters. The van der Waals surface area contributed by atoms with Crippen LogP contribution in [-0.2, 0) is 14.9 Å². The number of rotatable bonds is 6. The summed E-state index contributed by atoms with van der Waals surface area (Å²) in [5, 5.41) is 0. The van der Waals surface area contributed by atoms with Crippen LogP contribution in [0.5, 0.6) is 0 Å². The minimum Gasteiger partial charge on any atom is -0.381 e. The molecule has 4 aliphatic heterocycles. The summed E-state index contributed by atoms with van der Waals surface area (Å²) in [5.74, 6) is 1.61. The molecule has 0 saturated carbocycles. The normalized spacial score (nSPS) is 25.2. The van der Waals surface area contributed by atoms with Gasteiger partial charge in [-0.15, -0.1) is 0 Å². The molecule has 2 amide bonds. The molecule has 1 aromatic heterocycles. The zero-order valence-electron chi connectivity index (χ0n) is 24.1. The number of carbonyl (C=O) groups is 2. The van der Waals surface area contributed by atoms with Gasteiger partial charge in [-0.2, -0.15) is 0 Å². The lowest BCUT2D eigenvalue weighted by Crippen LogP contribution is -2.48. The first-order valence-electron chi connectivity index (χ1n) is 15.2. The lowest BCUT2D eigenvalue weighted by Gasteiger charge is -2.44. The highest BCUT2D eigenvalue weighted by Crippen LogP contribution is 2.41. The number of carbonyl (C=O) groups excluding carboxylic acids is 2. The standard InChI is InChI=1S/C32H43N5O3/c1-23-29(24(2)34-22-33-23)31(39)37-20-26-18-35(19-27(26)21-37)13-10-32(28-6-4-3-5-7-28)11-14-36(15-12-32)30(38)25-8-16-40-17-9-25/h3-7,22,25-27H,8-21H2,1-2H3. The van der Waals surface area contributed by atoms with Gasteiger partial charge in [0.25, 0.3) is 5.91 Å². The largest absolute Gasteiger partial charge is 0.381 e. The molecule has 6 rings (SSSR count). The van der Waals surface area contributed by atoms with Gasteiger partial charge in [-0.3, -0.25) is 9.59 Å². The van der Waals surface area contributed by atoms with E-state index in [9.17, 15) is 9.59 Å². The highest BCUT2D eigenvalue weighted by molar-refractivity contribution is 5.96. The van der Waals surface area contributed by atoms with Crippen LogP contribution >= 0.6 is 0 Å². The number of likely N-dealkylation sites (tertiary alicyclic amines) is 3. The Morgan fingerprint density at radius 2 is 1.52 bits per heavy atom. The molecule has 0 radical (unpaired) electrons. The molecule has 8 nitrogen and oxygen atoms in total. The molecule has 2 aromatic rings. The van der Waals surface area contributed by atoms with E-state index in [0.29, 0.717) is 36.5 Å². The van der Waals surface area contributed by atoms with E-state index in [0.717, 1.165) is 89.3 Å². The molecule has 4 aliphatic rings. The van der Waals surface area contributed by atoms with Crippen LogP contribution in [0, 0.1) is 31.6 Å². The van der Waals surface area contributed by atoms with E-state index >= 15 is 0 Å². The molecule has 40 heavy (non-hydrogen) atoms. The van der Waals surface area contributed by atoms with Gasteiger partial charge < -0.3 is 19.4 Å². The Hall–Kier alpha value is -2.84. The SMILES string of the molecule is Cc1ncnc(C)c1C(=O)N1CC2CN(CCC3(c4ccccc4)CCN(C(=O)C4CCOCC4)CC3)CC2C1. The Balaban J connectivity index is 1.06. The van der Waals surface area contributed by atoms with Crippen molar-refractivity contribution in [1.29, 1.82) is 0 Å². The molecule has 5 heterocycles. The van der Waals surface area contributed by atoms with E-state index in [1.807, 2.05) is 18.7 Å². The molecule has 0 aliphatic carbocycles. The van der Waals surface area contributed by atoms with Crippen molar-refractivity contribution < 1.29 is 14.3 Å². The van der Waals surface area contributed by atoms with Gasteiger partial charge in [0.2, 0.25) is 5.91 Å². The Bertz CT molecular complexity index is 1170. The lowest BCUT2D eigenvalue weighted by molar-refractivity contribution is -0.140. The summed E-state index contributed by atoms with van der Waals surface area (Å²) in [4.78, 5) is 41.8. The summed E-state index contributed by atoms with van der Waals surface area (Å²) in [6.45, 7) is 11.7. The third-order valence-corrected chi connectivity index (χ3v) is 10.2. The number of fused-ring (bicyclic) bond motifs is 1. The van der Waals surface area contributed by atoms with E-state index in [4.69, 9.17) is 4.74 Å². The van der Waals surface area contributed by atoms with Crippen molar-refractivity contribution in [3.8, 4) is 0 Å². The van der Waals surface area contributed by atoms with Gasteiger partial charge in [0.05, 0.1) is 17.0 Å². The van der Waals surface area contributed by atoms with Crippen LogP contribution in [0.4, 0.5) is 0 Å². The smallest absolute Gasteiger partial charge is 0.257 e. The number of aromatic nitrogens is 2. The Labute approximate surface area is 238 Å². The number of hydrogen-bond acceptors (Lipinski definition) is 6. The van der Waals surface area contributed by atoms with Gasteiger partial charge in [-0.1, -0.05) is 30.3 Å². The fourth-order valence-electron chi connectivity index (χ4n) is 7.70. The Kier molecular flexibility index (Phi) is 7.91. The molecule has 0 spiro atoms. The number of aryl methyl sites for hydroxylation is 2. The second kappa shape index (κ2) is 11.6. The maximum Gasteiger partial charge on any atom is 0.257 e. The zero-order valence-corrected chi connectivity index (χ0v) is 24.1. The molecule has 214 valence electrons. The maximum atomic E-state index is 13.3. The van der Waals surface area contributed by atoms with Crippen molar-refractivity contribution >= 4 is 11.8 Å². The third kappa shape index (κ3) is 5.40. The summed E-state index contributed by atoms with van der Waals surface area (Å²) in [7, 11) is 0. The van der Waals surface area contributed by atoms with Gasteiger partial charge in [-0.05, 0) is 75.3 Å². The summed E-state index contributed by atoms with van der Waals surface area (Å²) in [5.41, 5.74) is 3.73. The van der Waals surface area contributed by atoms with Crippen molar-refractivity contribution in [2.45, 2.75) is 51.4 Å². The van der Waals surface area contributed by atoms with E-state index in [2.05, 4.69) is 50.1 Å². The molecular formula is C32H43N5O3. The van der Waals surface area contributed by atoms with Crippen LogP contribution < -0.4 is 0 Å². The van der Waals surface area contributed by atoms with Gasteiger partial charge in [-0.25, -0.2) is 9.97 Å². The molecule has 2 unspecified atom stereocenters. The molecule has 0 bridgehead atoms. The van der Waals surface area contributed by atoms with E-state index in [1.165, 1.54) is 11.9 Å². The van der Waals surface area contributed by atoms with Gasteiger partial charge in [0.15, 0.2) is 0 Å². The van der Waals surface area contributed by atoms with Crippen molar-refractivity contribution in [2.75, 3.05) is 59.0 Å². The van der Waals surface area contributed by atoms with Crippen molar-refractivity contribution in [1.82, 2.24) is 24.7 Å². The zero-order chi connectivity index (χ0) is 27.7. The highest BCUT2D eigenvalue weighted by Gasteiger charge is 2.44. The minimum absolute atomic E-state index is 0.0849. The molecule has 8 heteroatoms. The summed E-state index contributed by atoms with van der Waals surface area (Å²) >= 11 is 0. The first-order chi connectivity index (χ1) is 19.4. The summed E-state index contributed by atoms with van der Waals surface area (Å²) in [6, 6.07) is 11.0. The molecule has 4 fully saturated rings. The quantitative estimate of drug-likeness (QED) is 0.553. The van der Waals surface area contributed by atoms with Crippen LogP contribution in [-0.4, -0.2) is 95.5 Å². The average molecular weight is 546 g/mol. The van der Waals surface area contributed by atoms with Crippen LogP contribution in [0.15, 0.2) is 36.7 Å². The molecule has 1 aromatic carbocycles. The fourth-order valence-corrected chi connectivity index (χ4v) is 7.70. The topological polar surface area (TPSA) is 78.9 Å². The Morgan fingerprint density at radius 1 is 0.900 bits per heavy atom. The fraction of sp³-hybridized carbons (Fsp3) is 0.625. The van der Waals surface area contributed by atoms with Crippen LogP contribution in [0.1, 0.15) is 59.4 Å². The average Bonchev–Trinajstić information content (AvgIpc) is 3.56. The summed E-state index contributed by atoms with van der Waals surface area (Å²) in [6.07, 6.45) is 6.40. The van der Waals surface area contributed by atoms with Crippen LogP contribution in [0.25, 0.3) is 0 Å². The number of benzene rings is 1. The second-order valence-electron chi connectivity index (χ2n) is 12.5. The van der Waals surface area contributed by atoms with Crippen LogP contribution in [0.3, 0.4) is 0 Å². The van der Waals surface area contributed by atoms with Gasteiger partial charge in [0, 0.05) is 58.4 Å². The van der Waals surface area contributed by atoms with Gasteiger partial charge >= 0.3 is 0 Å².